The summed E-state index contributed by atoms with van der Waals surface area (Å²) < 4.78 is 12.1. The first-order valence-corrected chi connectivity index (χ1v) is 11.9. The van der Waals surface area contributed by atoms with Crippen LogP contribution in [0.25, 0.3) is 0 Å². The van der Waals surface area contributed by atoms with Gasteiger partial charge in [-0.1, -0.05) is 12.8 Å². The second-order valence-corrected chi connectivity index (χ2v) is 11.6. The Labute approximate surface area is 198 Å². The first-order valence-electron chi connectivity index (χ1n) is 11.9. The van der Waals surface area contributed by atoms with Gasteiger partial charge >= 0.3 is 13.2 Å². The van der Waals surface area contributed by atoms with Crippen molar-refractivity contribution in [1.29, 1.82) is 0 Å². The van der Waals surface area contributed by atoms with E-state index in [2.05, 4.69) is 16.0 Å². The molecule has 1 aliphatic heterocycles. The van der Waals surface area contributed by atoms with Gasteiger partial charge in [-0.15, -0.1) is 0 Å². The molecule has 0 bridgehead atoms. The molecular formula is C23H42BN3O6. The molecule has 0 aromatic rings. The Morgan fingerprint density at radius 2 is 1.55 bits per heavy atom. The van der Waals surface area contributed by atoms with Crippen molar-refractivity contribution in [2.45, 2.75) is 122 Å². The number of hydrogen-bond donors (Lipinski definition) is 4. The van der Waals surface area contributed by atoms with E-state index in [1.165, 1.54) is 6.92 Å². The summed E-state index contributed by atoms with van der Waals surface area (Å²) in [5.74, 6) is -0.656. The van der Waals surface area contributed by atoms with Crippen LogP contribution in [-0.4, -0.2) is 58.5 Å². The molecule has 0 spiro atoms. The van der Waals surface area contributed by atoms with E-state index in [9.17, 15) is 14.4 Å². The van der Waals surface area contributed by atoms with Crippen LogP contribution in [0.3, 0.4) is 0 Å². The lowest BCUT2D eigenvalue weighted by Crippen LogP contribution is -2.68. The molecule has 1 atom stereocenters. The van der Waals surface area contributed by atoms with Gasteiger partial charge in [0.05, 0.1) is 11.2 Å². The van der Waals surface area contributed by atoms with E-state index in [1.54, 1.807) is 0 Å². The predicted molar refractivity (Wildman–Crippen MR) is 127 cm³/mol. The average Bonchev–Trinajstić information content (AvgIpc) is 2.78. The molecule has 33 heavy (non-hydrogen) atoms. The van der Waals surface area contributed by atoms with Crippen LogP contribution >= 0.6 is 0 Å². The smallest absolute Gasteiger partial charge is 0.457 e. The molecule has 2 fully saturated rings. The van der Waals surface area contributed by atoms with Gasteiger partial charge in [-0.2, -0.15) is 0 Å². The van der Waals surface area contributed by atoms with E-state index < -0.39 is 17.2 Å². The maximum absolute atomic E-state index is 13.5. The fraction of sp³-hybridized carbons (Fsp3) is 0.870. The zero-order chi connectivity index (χ0) is 25.2. The third-order valence-corrected chi connectivity index (χ3v) is 7.02. The molecular weight excluding hydrogens is 425 g/mol. The number of unbranched alkanes of at least 4 members (excludes halogenated alkanes) is 1. The molecule has 1 aliphatic carbocycles. The van der Waals surface area contributed by atoms with Crippen molar-refractivity contribution in [3.8, 4) is 0 Å². The molecule has 3 amide bonds. The van der Waals surface area contributed by atoms with Crippen molar-refractivity contribution < 1.29 is 28.8 Å². The van der Waals surface area contributed by atoms with Crippen molar-refractivity contribution >= 4 is 25.0 Å². The second-order valence-electron chi connectivity index (χ2n) is 11.6. The van der Waals surface area contributed by atoms with E-state index in [1.807, 2.05) is 48.5 Å². The van der Waals surface area contributed by atoms with Crippen LogP contribution in [0.4, 0.5) is 4.79 Å². The Bertz CT molecular complexity index is 729. The number of carbonyl (C=O) groups excluding carboxylic acids is 2. The Kier molecular flexibility index (Phi) is 8.17. The fourth-order valence-electron chi connectivity index (χ4n) is 4.60. The monoisotopic (exact) mass is 467 g/mol. The van der Waals surface area contributed by atoms with Crippen molar-refractivity contribution in [2.24, 2.45) is 5.92 Å². The van der Waals surface area contributed by atoms with Gasteiger partial charge in [0.25, 0.3) is 0 Å². The lowest BCUT2D eigenvalue weighted by molar-refractivity contribution is -0.139. The SMILES string of the molecule is CC(=O)N[C@@](CCCCB1OC(C)(C)C(C)(C)O1)(C(=O)NC(C)(C)C)[C@H]1C[C@H](NC(=O)O)C1. The number of carbonyl (C=O) groups is 3. The molecule has 10 heteroatoms. The topological polar surface area (TPSA) is 126 Å². The zero-order valence-electron chi connectivity index (χ0n) is 21.5. The molecule has 0 aromatic carbocycles. The first kappa shape index (κ1) is 27.4. The molecule has 1 heterocycles. The van der Waals surface area contributed by atoms with Crippen molar-refractivity contribution in [3.05, 3.63) is 0 Å². The van der Waals surface area contributed by atoms with Crippen molar-refractivity contribution in [1.82, 2.24) is 16.0 Å². The van der Waals surface area contributed by atoms with Crippen LogP contribution in [0.1, 0.15) is 87.5 Å². The number of rotatable bonds is 9. The number of nitrogens with one attached hydrogen (secondary N) is 3. The lowest BCUT2D eigenvalue weighted by Gasteiger charge is -2.48. The van der Waals surface area contributed by atoms with Gasteiger partial charge in [-0.05, 0) is 80.0 Å². The van der Waals surface area contributed by atoms with E-state index in [-0.39, 0.29) is 42.1 Å². The van der Waals surface area contributed by atoms with Crippen LogP contribution in [0.2, 0.25) is 6.32 Å². The molecule has 1 saturated heterocycles. The Morgan fingerprint density at radius 1 is 1.00 bits per heavy atom. The summed E-state index contributed by atoms with van der Waals surface area (Å²) in [5, 5.41) is 17.5. The van der Waals surface area contributed by atoms with Gasteiger partial charge in [0.2, 0.25) is 11.8 Å². The highest BCUT2D eigenvalue weighted by molar-refractivity contribution is 6.45. The second kappa shape index (κ2) is 9.82. The molecule has 2 aliphatic rings. The number of carboxylic acid groups (broad SMARTS) is 1. The molecule has 0 unspecified atom stereocenters. The summed E-state index contributed by atoms with van der Waals surface area (Å²) in [6.45, 7) is 15.2. The van der Waals surface area contributed by atoms with Gasteiger partial charge in [0, 0.05) is 18.5 Å². The maximum Gasteiger partial charge on any atom is 0.457 e. The van der Waals surface area contributed by atoms with E-state index in [0.717, 1.165) is 6.42 Å². The van der Waals surface area contributed by atoms with Crippen LogP contribution in [0.5, 0.6) is 0 Å². The summed E-state index contributed by atoms with van der Waals surface area (Å²) in [5.41, 5.74) is -2.33. The minimum atomic E-state index is -1.09. The molecule has 4 N–H and O–H groups in total. The summed E-state index contributed by atoms with van der Waals surface area (Å²) >= 11 is 0. The van der Waals surface area contributed by atoms with E-state index in [4.69, 9.17) is 14.4 Å². The van der Waals surface area contributed by atoms with E-state index >= 15 is 0 Å². The fourth-order valence-corrected chi connectivity index (χ4v) is 4.60. The molecule has 9 nitrogen and oxygen atoms in total. The Balaban J connectivity index is 2.10. The highest BCUT2D eigenvalue weighted by Gasteiger charge is 2.53. The minimum Gasteiger partial charge on any atom is -0.465 e. The van der Waals surface area contributed by atoms with E-state index in [0.29, 0.717) is 32.0 Å². The van der Waals surface area contributed by atoms with Crippen LogP contribution < -0.4 is 16.0 Å². The third-order valence-electron chi connectivity index (χ3n) is 7.02. The average molecular weight is 467 g/mol. The third kappa shape index (κ3) is 6.85. The maximum atomic E-state index is 13.5. The first-order chi connectivity index (χ1) is 15.0. The van der Waals surface area contributed by atoms with Gasteiger partial charge < -0.3 is 30.4 Å². The quantitative estimate of drug-likeness (QED) is 0.305. The van der Waals surface area contributed by atoms with Gasteiger partial charge in [0.1, 0.15) is 5.54 Å². The lowest BCUT2D eigenvalue weighted by atomic mass is 9.65. The minimum absolute atomic E-state index is 0.155. The van der Waals surface area contributed by atoms with Crippen molar-refractivity contribution in [2.75, 3.05) is 0 Å². The normalized spacial score (nSPS) is 25.5. The molecule has 0 aromatic heterocycles. The standard InChI is InChI=1S/C23H42BN3O6/c1-15(28)26-23(18(29)27-20(2,3)4,16-13-17(14-16)25-19(30)31)11-9-10-12-24-32-21(5,6)22(7,8)33-24/h16-17,25H,9-14H2,1-8H3,(H,26,28)(H,27,29)(H,30,31)/t16-,17-,23-/m1/s1. The van der Waals surface area contributed by atoms with Crippen molar-refractivity contribution in [3.63, 3.8) is 0 Å². The summed E-state index contributed by atoms with van der Waals surface area (Å²) in [4.78, 5) is 36.7. The predicted octanol–water partition coefficient (Wildman–Crippen LogP) is 3.08. The molecule has 188 valence electrons. The molecule has 1 saturated carbocycles. The van der Waals surface area contributed by atoms with Gasteiger partial charge in [-0.25, -0.2) is 4.79 Å². The van der Waals surface area contributed by atoms with Gasteiger partial charge in [0.15, 0.2) is 0 Å². The van der Waals surface area contributed by atoms with Crippen LogP contribution in [0, 0.1) is 5.92 Å². The zero-order valence-corrected chi connectivity index (χ0v) is 21.5. The summed E-state index contributed by atoms with van der Waals surface area (Å²) in [6.07, 6.45) is 2.53. The highest BCUT2D eigenvalue weighted by atomic mass is 16.7. The Morgan fingerprint density at radius 3 is 2.00 bits per heavy atom. The summed E-state index contributed by atoms with van der Waals surface area (Å²) in [6, 6.07) is -0.215. The Hall–Kier alpha value is -1.81. The van der Waals surface area contributed by atoms with Gasteiger partial charge in [-0.3, -0.25) is 9.59 Å². The highest BCUT2D eigenvalue weighted by Crippen LogP contribution is 2.41. The number of hydrogen-bond acceptors (Lipinski definition) is 5. The molecule has 0 radical (unpaired) electrons. The summed E-state index contributed by atoms with van der Waals surface area (Å²) in [7, 11) is -0.304. The number of amides is 3. The largest absolute Gasteiger partial charge is 0.465 e. The van der Waals surface area contributed by atoms with Crippen LogP contribution in [0.15, 0.2) is 0 Å². The molecule has 2 rings (SSSR count). The van der Waals surface area contributed by atoms with Crippen LogP contribution in [-0.2, 0) is 18.9 Å².